The van der Waals surface area contributed by atoms with E-state index in [0.29, 0.717) is 5.56 Å². The Labute approximate surface area is 116 Å². The smallest absolute Gasteiger partial charge is 0.189 e. The molecule has 0 heterocycles. The summed E-state index contributed by atoms with van der Waals surface area (Å²) in [6, 6.07) is 9.07. The fraction of sp³-hybridized carbons (Fsp3) is 0.0625. The van der Waals surface area contributed by atoms with Gasteiger partial charge in [-0.2, -0.15) is 0 Å². The van der Waals surface area contributed by atoms with Gasteiger partial charge in [0, 0.05) is 0 Å². The van der Waals surface area contributed by atoms with Crippen molar-refractivity contribution in [3.8, 4) is 17.2 Å². The maximum absolute atomic E-state index is 11.9. The summed E-state index contributed by atoms with van der Waals surface area (Å²) in [6.07, 6.45) is 2.80. The van der Waals surface area contributed by atoms with Crippen molar-refractivity contribution >= 4 is 11.9 Å². The van der Waals surface area contributed by atoms with E-state index < -0.39 is 0 Å². The van der Waals surface area contributed by atoms with Gasteiger partial charge in [0.05, 0.1) is 5.56 Å². The van der Waals surface area contributed by atoms with Crippen LogP contribution in [0.15, 0.2) is 42.5 Å². The maximum Gasteiger partial charge on any atom is 0.189 e. The highest BCUT2D eigenvalue weighted by Gasteiger charge is 2.08. The molecule has 0 aliphatic carbocycles. The van der Waals surface area contributed by atoms with Crippen LogP contribution < -0.4 is 0 Å². The number of aryl methyl sites for hydroxylation is 1. The molecule has 0 radical (unpaired) electrons. The number of carbonyl (C=O) groups is 1. The van der Waals surface area contributed by atoms with Crippen LogP contribution in [0.25, 0.3) is 6.08 Å². The Kier molecular flexibility index (Phi) is 3.75. The number of ketones is 1. The van der Waals surface area contributed by atoms with Crippen molar-refractivity contribution in [1.29, 1.82) is 0 Å². The highest BCUT2D eigenvalue weighted by Crippen LogP contribution is 2.25. The molecule has 2 aromatic rings. The molecule has 0 spiro atoms. The molecule has 4 heteroatoms. The molecule has 2 rings (SSSR count). The lowest BCUT2D eigenvalue weighted by molar-refractivity contribution is 0.104. The molecule has 0 amide bonds. The number of benzene rings is 2. The fourth-order valence-electron chi connectivity index (χ4n) is 1.76. The molecule has 0 saturated heterocycles. The first-order chi connectivity index (χ1) is 9.47. The van der Waals surface area contributed by atoms with Crippen LogP contribution in [0.4, 0.5) is 0 Å². The van der Waals surface area contributed by atoms with Crippen molar-refractivity contribution in [3.63, 3.8) is 0 Å². The molecule has 0 fully saturated rings. The fourth-order valence-corrected chi connectivity index (χ4v) is 1.76. The predicted molar refractivity (Wildman–Crippen MR) is 76.0 cm³/mol. The van der Waals surface area contributed by atoms with E-state index in [1.807, 2.05) is 6.92 Å². The molecule has 0 aliphatic rings. The molecule has 102 valence electrons. The van der Waals surface area contributed by atoms with Crippen molar-refractivity contribution in [3.05, 3.63) is 59.2 Å². The zero-order chi connectivity index (χ0) is 14.7. The Morgan fingerprint density at radius 3 is 2.35 bits per heavy atom. The average Bonchev–Trinajstić information content (AvgIpc) is 2.40. The molecule has 0 saturated carbocycles. The first-order valence-electron chi connectivity index (χ1n) is 6.01. The Balaban J connectivity index is 2.22. The first kappa shape index (κ1) is 13.7. The van der Waals surface area contributed by atoms with Gasteiger partial charge in [0.2, 0.25) is 0 Å². The second kappa shape index (κ2) is 5.48. The van der Waals surface area contributed by atoms with E-state index in [9.17, 15) is 20.1 Å². The summed E-state index contributed by atoms with van der Waals surface area (Å²) in [5.41, 5.74) is 1.65. The van der Waals surface area contributed by atoms with E-state index in [1.54, 1.807) is 18.2 Å². The van der Waals surface area contributed by atoms with Crippen LogP contribution in [0.1, 0.15) is 21.5 Å². The minimum absolute atomic E-state index is 0.0618. The number of hydrogen-bond donors (Lipinski definition) is 3. The second-order valence-electron chi connectivity index (χ2n) is 4.47. The van der Waals surface area contributed by atoms with Gasteiger partial charge in [0.25, 0.3) is 0 Å². The predicted octanol–water partition coefficient (Wildman–Crippen LogP) is 3.01. The Morgan fingerprint density at radius 1 is 0.950 bits per heavy atom. The molecule has 0 bridgehead atoms. The third-order valence-electron chi connectivity index (χ3n) is 2.85. The van der Waals surface area contributed by atoms with Crippen molar-refractivity contribution in [2.75, 3.05) is 0 Å². The monoisotopic (exact) mass is 270 g/mol. The van der Waals surface area contributed by atoms with E-state index in [0.717, 1.165) is 5.56 Å². The quantitative estimate of drug-likeness (QED) is 0.455. The Hall–Kier alpha value is -2.75. The SMILES string of the molecule is Cc1ccc(C(=O)C=Cc2ccc(O)c(O)c2)c(O)c1. The van der Waals surface area contributed by atoms with Gasteiger partial charge in [-0.05, 0) is 48.4 Å². The highest BCUT2D eigenvalue weighted by atomic mass is 16.3. The summed E-state index contributed by atoms with van der Waals surface area (Å²) in [5, 5.41) is 28.2. The Morgan fingerprint density at radius 2 is 1.70 bits per heavy atom. The number of aromatic hydroxyl groups is 3. The number of allylic oxidation sites excluding steroid dienone is 1. The lowest BCUT2D eigenvalue weighted by atomic mass is 10.1. The lowest BCUT2D eigenvalue weighted by Gasteiger charge is -2.02. The van der Waals surface area contributed by atoms with Gasteiger partial charge >= 0.3 is 0 Å². The highest BCUT2D eigenvalue weighted by molar-refractivity contribution is 6.08. The van der Waals surface area contributed by atoms with Crippen LogP contribution >= 0.6 is 0 Å². The van der Waals surface area contributed by atoms with E-state index in [1.165, 1.54) is 30.4 Å². The van der Waals surface area contributed by atoms with Gasteiger partial charge in [-0.25, -0.2) is 0 Å². The number of hydrogen-bond acceptors (Lipinski definition) is 4. The minimum Gasteiger partial charge on any atom is -0.507 e. The van der Waals surface area contributed by atoms with Crippen LogP contribution in [0.5, 0.6) is 17.2 Å². The first-order valence-corrected chi connectivity index (χ1v) is 6.01. The summed E-state index contributed by atoms with van der Waals surface area (Å²) < 4.78 is 0. The molecule has 20 heavy (non-hydrogen) atoms. The van der Waals surface area contributed by atoms with Crippen molar-refractivity contribution in [1.82, 2.24) is 0 Å². The number of rotatable bonds is 3. The van der Waals surface area contributed by atoms with Gasteiger partial charge in [-0.3, -0.25) is 4.79 Å². The topological polar surface area (TPSA) is 77.8 Å². The van der Waals surface area contributed by atoms with Crippen LogP contribution in [-0.4, -0.2) is 21.1 Å². The van der Waals surface area contributed by atoms with Crippen molar-refractivity contribution in [2.24, 2.45) is 0 Å². The number of phenolic OH excluding ortho intramolecular Hbond substituents is 3. The summed E-state index contributed by atoms with van der Waals surface area (Å²) in [5.74, 6) is -0.870. The van der Waals surface area contributed by atoms with Gasteiger partial charge < -0.3 is 15.3 Å². The average molecular weight is 270 g/mol. The van der Waals surface area contributed by atoms with Crippen LogP contribution in [-0.2, 0) is 0 Å². The summed E-state index contributed by atoms with van der Waals surface area (Å²) >= 11 is 0. The number of carbonyl (C=O) groups excluding carboxylic acids is 1. The standard InChI is InChI=1S/C16H14O4/c1-10-2-5-12(15(19)8-10)13(17)6-3-11-4-7-14(18)16(20)9-11/h2-9,18-20H,1H3. The Bertz CT molecular complexity index is 687. The molecule has 3 N–H and O–H groups in total. The van der Waals surface area contributed by atoms with E-state index in [2.05, 4.69) is 0 Å². The van der Waals surface area contributed by atoms with Gasteiger partial charge in [-0.15, -0.1) is 0 Å². The van der Waals surface area contributed by atoms with Crippen molar-refractivity contribution in [2.45, 2.75) is 6.92 Å². The summed E-state index contributed by atoms with van der Waals surface area (Å²) in [4.78, 5) is 11.9. The van der Waals surface area contributed by atoms with Gasteiger partial charge in [0.1, 0.15) is 5.75 Å². The van der Waals surface area contributed by atoms with Crippen LogP contribution in [0.3, 0.4) is 0 Å². The molecule has 4 nitrogen and oxygen atoms in total. The molecular weight excluding hydrogens is 256 g/mol. The van der Waals surface area contributed by atoms with Gasteiger partial charge in [-0.1, -0.05) is 18.2 Å². The van der Waals surface area contributed by atoms with Crippen LogP contribution in [0.2, 0.25) is 0 Å². The largest absolute Gasteiger partial charge is 0.507 e. The normalized spacial score (nSPS) is 10.8. The molecular formula is C16H14O4. The van der Waals surface area contributed by atoms with Crippen LogP contribution in [0, 0.1) is 6.92 Å². The van der Waals surface area contributed by atoms with E-state index >= 15 is 0 Å². The molecule has 0 aliphatic heterocycles. The molecule has 0 atom stereocenters. The van der Waals surface area contributed by atoms with Gasteiger partial charge in [0.15, 0.2) is 17.3 Å². The summed E-state index contributed by atoms with van der Waals surface area (Å²) in [6.45, 7) is 1.82. The number of phenols is 3. The second-order valence-corrected chi connectivity index (χ2v) is 4.47. The minimum atomic E-state index is -0.338. The van der Waals surface area contributed by atoms with E-state index in [4.69, 9.17) is 0 Å². The summed E-state index contributed by atoms with van der Waals surface area (Å²) in [7, 11) is 0. The zero-order valence-corrected chi connectivity index (χ0v) is 10.9. The molecule has 2 aromatic carbocycles. The van der Waals surface area contributed by atoms with E-state index in [-0.39, 0.29) is 28.6 Å². The molecule has 0 unspecified atom stereocenters. The van der Waals surface area contributed by atoms with Crippen molar-refractivity contribution < 1.29 is 20.1 Å². The lowest BCUT2D eigenvalue weighted by Crippen LogP contribution is -1.95. The zero-order valence-electron chi connectivity index (χ0n) is 10.9. The maximum atomic E-state index is 11.9. The third-order valence-corrected chi connectivity index (χ3v) is 2.85. The third kappa shape index (κ3) is 2.98. The molecule has 0 aromatic heterocycles.